The van der Waals surface area contributed by atoms with Crippen LogP contribution in [0.2, 0.25) is 0 Å². The number of rotatable bonds is 9. The molecule has 3 rings (SSSR count). The molecule has 0 aliphatic carbocycles. The van der Waals surface area contributed by atoms with E-state index in [1.165, 1.54) is 0 Å². The highest BCUT2D eigenvalue weighted by molar-refractivity contribution is 5.63. The second-order valence-corrected chi connectivity index (χ2v) is 5.65. The molecule has 1 amide bonds. The number of ether oxygens (including phenoxy) is 1. The van der Waals surface area contributed by atoms with Crippen molar-refractivity contribution in [2.24, 2.45) is 0 Å². The standard InChI is InChI=1S/C18H19N5O4/c24-18(25)23(27-12-15-4-2-1-3-5-15)11-10-14-6-8-16(9-7-14)26-13-17-19-21-22-20-17/h1-9H,10-13H2,(H,24,25)(H,19,20,21,22). The zero-order valence-corrected chi connectivity index (χ0v) is 14.5. The predicted molar refractivity (Wildman–Crippen MR) is 94.6 cm³/mol. The summed E-state index contributed by atoms with van der Waals surface area (Å²) in [4.78, 5) is 16.8. The van der Waals surface area contributed by atoms with Crippen molar-refractivity contribution in [2.75, 3.05) is 6.54 Å². The fraction of sp³-hybridized carbons (Fsp3) is 0.222. The summed E-state index contributed by atoms with van der Waals surface area (Å²) in [7, 11) is 0. The Bertz CT molecular complexity index is 825. The summed E-state index contributed by atoms with van der Waals surface area (Å²) in [5.74, 6) is 1.13. The number of hydrogen-bond donors (Lipinski definition) is 2. The van der Waals surface area contributed by atoms with Crippen molar-refractivity contribution in [2.45, 2.75) is 19.6 Å². The molecule has 0 saturated heterocycles. The number of nitrogens with one attached hydrogen (secondary N) is 1. The molecule has 0 aliphatic rings. The molecule has 140 valence electrons. The number of H-pyrrole nitrogens is 1. The van der Waals surface area contributed by atoms with Gasteiger partial charge in [0.15, 0.2) is 6.61 Å². The van der Waals surface area contributed by atoms with Crippen molar-refractivity contribution < 1.29 is 19.5 Å². The van der Waals surface area contributed by atoms with E-state index in [0.29, 0.717) is 18.0 Å². The van der Waals surface area contributed by atoms with Gasteiger partial charge in [-0.2, -0.15) is 10.3 Å². The minimum absolute atomic E-state index is 0.204. The largest absolute Gasteiger partial charge is 0.485 e. The van der Waals surface area contributed by atoms with E-state index < -0.39 is 6.09 Å². The topological polar surface area (TPSA) is 113 Å². The first-order chi connectivity index (χ1) is 13.2. The van der Waals surface area contributed by atoms with Crippen LogP contribution >= 0.6 is 0 Å². The van der Waals surface area contributed by atoms with E-state index in [1.807, 2.05) is 54.6 Å². The maximum atomic E-state index is 11.4. The monoisotopic (exact) mass is 369 g/mol. The van der Waals surface area contributed by atoms with Crippen molar-refractivity contribution in [3.63, 3.8) is 0 Å². The Labute approximate surface area is 155 Å². The molecule has 9 nitrogen and oxygen atoms in total. The first-order valence-corrected chi connectivity index (χ1v) is 8.32. The predicted octanol–water partition coefficient (Wildman–Crippen LogP) is 2.43. The molecule has 0 bridgehead atoms. The van der Waals surface area contributed by atoms with Crippen LogP contribution in [0.4, 0.5) is 4.79 Å². The lowest BCUT2D eigenvalue weighted by Gasteiger charge is -2.18. The summed E-state index contributed by atoms with van der Waals surface area (Å²) < 4.78 is 5.54. The molecular weight excluding hydrogens is 350 g/mol. The van der Waals surface area contributed by atoms with Gasteiger partial charge < -0.3 is 9.84 Å². The molecule has 2 N–H and O–H groups in total. The molecule has 3 aromatic rings. The molecule has 0 saturated carbocycles. The fourth-order valence-electron chi connectivity index (χ4n) is 2.32. The lowest BCUT2D eigenvalue weighted by molar-refractivity contribution is -0.140. The minimum Gasteiger partial charge on any atom is -0.485 e. The number of hydrogen-bond acceptors (Lipinski definition) is 6. The Morgan fingerprint density at radius 2 is 1.81 bits per heavy atom. The van der Waals surface area contributed by atoms with Gasteiger partial charge >= 0.3 is 6.09 Å². The number of amides is 1. The van der Waals surface area contributed by atoms with Gasteiger partial charge in [0.2, 0.25) is 5.82 Å². The lowest BCUT2D eigenvalue weighted by atomic mass is 10.1. The van der Waals surface area contributed by atoms with E-state index >= 15 is 0 Å². The van der Waals surface area contributed by atoms with E-state index in [1.54, 1.807) is 0 Å². The van der Waals surface area contributed by atoms with E-state index in [2.05, 4.69) is 20.6 Å². The van der Waals surface area contributed by atoms with E-state index in [4.69, 9.17) is 9.57 Å². The molecule has 2 aromatic carbocycles. The van der Waals surface area contributed by atoms with Crippen LogP contribution in [0.15, 0.2) is 54.6 Å². The first kappa shape index (κ1) is 18.3. The van der Waals surface area contributed by atoms with Crippen LogP contribution in [-0.4, -0.2) is 43.4 Å². The van der Waals surface area contributed by atoms with Crippen LogP contribution < -0.4 is 4.74 Å². The highest BCUT2D eigenvalue weighted by Crippen LogP contribution is 2.14. The molecular formula is C18H19N5O4. The summed E-state index contributed by atoms with van der Waals surface area (Å²) >= 11 is 0. The smallest absolute Gasteiger partial charge is 0.431 e. The van der Waals surface area contributed by atoms with Crippen molar-refractivity contribution in [3.05, 3.63) is 71.5 Å². The Morgan fingerprint density at radius 1 is 1.04 bits per heavy atom. The fourth-order valence-corrected chi connectivity index (χ4v) is 2.32. The summed E-state index contributed by atoms with van der Waals surface area (Å²) in [5.41, 5.74) is 1.88. The molecule has 0 unspecified atom stereocenters. The Balaban J connectivity index is 1.47. The zero-order chi connectivity index (χ0) is 18.9. The minimum atomic E-state index is -1.12. The highest BCUT2D eigenvalue weighted by atomic mass is 16.7. The van der Waals surface area contributed by atoms with Gasteiger partial charge in [-0.3, -0.25) is 4.84 Å². The number of aromatic nitrogens is 4. The Hall–Kier alpha value is -3.46. The third kappa shape index (κ3) is 5.79. The maximum absolute atomic E-state index is 11.4. The van der Waals surface area contributed by atoms with Crippen molar-refractivity contribution in [3.8, 4) is 5.75 Å². The lowest BCUT2D eigenvalue weighted by Crippen LogP contribution is -2.31. The highest BCUT2D eigenvalue weighted by Gasteiger charge is 2.13. The normalized spacial score (nSPS) is 10.5. The summed E-state index contributed by atoms with van der Waals surface area (Å²) in [5, 5.41) is 23.7. The second kappa shape index (κ2) is 9.30. The molecule has 0 aliphatic heterocycles. The van der Waals surface area contributed by atoms with Crippen LogP contribution in [0.3, 0.4) is 0 Å². The summed E-state index contributed by atoms with van der Waals surface area (Å²) in [6.45, 7) is 0.650. The quantitative estimate of drug-likeness (QED) is 0.557. The molecule has 0 fully saturated rings. The van der Waals surface area contributed by atoms with Crippen LogP contribution in [0.25, 0.3) is 0 Å². The van der Waals surface area contributed by atoms with E-state index in [0.717, 1.165) is 16.2 Å². The van der Waals surface area contributed by atoms with Gasteiger partial charge in [-0.15, -0.1) is 10.2 Å². The van der Waals surface area contributed by atoms with Gasteiger partial charge in [0.1, 0.15) is 12.4 Å². The zero-order valence-electron chi connectivity index (χ0n) is 14.5. The van der Waals surface area contributed by atoms with Crippen molar-refractivity contribution >= 4 is 6.09 Å². The van der Waals surface area contributed by atoms with Gasteiger partial charge in [-0.05, 0) is 29.7 Å². The maximum Gasteiger partial charge on any atom is 0.431 e. The number of tetrazole rings is 1. The molecule has 0 radical (unpaired) electrons. The van der Waals surface area contributed by atoms with Gasteiger partial charge in [0.25, 0.3) is 0 Å². The molecule has 9 heteroatoms. The molecule has 0 spiro atoms. The molecule has 0 atom stereocenters. The Morgan fingerprint density at radius 3 is 2.48 bits per heavy atom. The average molecular weight is 369 g/mol. The average Bonchev–Trinajstić information content (AvgIpc) is 3.21. The van der Waals surface area contributed by atoms with Crippen LogP contribution in [0.1, 0.15) is 17.0 Å². The summed E-state index contributed by atoms with van der Waals surface area (Å²) in [6, 6.07) is 16.8. The first-order valence-electron chi connectivity index (χ1n) is 8.32. The van der Waals surface area contributed by atoms with Crippen LogP contribution in [0, 0.1) is 0 Å². The molecule has 1 aromatic heterocycles. The molecule has 1 heterocycles. The Kier molecular flexibility index (Phi) is 6.31. The second-order valence-electron chi connectivity index (χ2n) is 5.65. The number of nitrogens with zero attached hydrogens (tertiary/aromatic N) is 4. The number of benzene rings is 2. The number of carboxylic acid groups (broad SMARTS) is 1. The number of carbonyl (C=O) groups is 1. The van der Waals surface area contributed by atoms with Crippen LogP contribution in [-0.2, 0) is 24.5 Å². The molecule has 27 heavy (non-hydrogen) atoms. The summed E-state index contributed by atoms with van der Waals surface area (Å²) in [6.07, 6.45) is -0.599. The van der Waals surface area contributed by atoms with Crippen molar-refractivity contribution in [1.82, 2.24) is 25.7 Å². The van der Waals surface area contributed by atoms with Crippen molar-refractivity contribution in [1.29, 1.82) is 0 Å². The number of aromatic amines is 1. The van der Waals surface area contributed by atoms with Gasteiger partial charge in [-0.1, -0.05) is 47.7 Å². The third-order valence-electron chi connectivity index (χ3n) is 3.73. The van der Waals surface area contributed by atoms with Crippen LogP contribution in [0.5, 0.6) is 5.75 Å². The van der Waals surface area contributed by atoms with E-state index in [-0.39, 0.29) is 19.8 Å². The SMILES string of the molecule is O=C(O)N(CCc1ccc(OCc2nn[nH]n2)cc1)OCc1ccccc1. The van der Waals surface area contributed by atoms with Gasteiger partial charge in [0.05, 0.1) is 6.54 Å². The van der Waals surface area contributed by atoms with Gasteiger partial charge in [-0.25, -0.2) is 4.79 Å². The van der Waals surface area contributed by atoms with Gasteiger partial charge in [0, 0.05) is 0 Å². The van der Waals surface area contributed by atoms with E-state index in [9.17, 15) is 9.90 Å². The third-order valence-corrected chi connectivity index (χ3v) is 3.73. The number of hydroxylamine groups is 2.